The van der Waals surface area contributed by atoms with Gasteiger partial charge in [-0.15, -0.1) is 0 Å². The summed E-state index contributed by atoms with van der Waals surface area (Å²) in [4.78, 5) is 32.8. The van der Waals surface area contributed by atoms with Crippen molar-refractivity contribution in [3.05, 3.63) is 53.6 Å². The van der Waals surface area contributed by atoms with Gasteiger partial charge in [-0.1, -0.05) is 24.3 Å². The molecule has 1 atom stereocenters. The second kappa shape index (κ2) is 14.9. The first-order valence-corrected chi connectivity index (χ1v) is 12.2. The summed E-state index contributed by atoms with van der Waals surface area (Å²) in [5, 5.41) is 43.6. The van der Waals surface area contributed by atoms with Gasteiger partial charge in [-0.2, -0.15) is 0 Å². The highest BCUT2D eigenvalue weighted by molar-refractivity contribution is 5.88. The van der Waals surface area contributed by atoms with Gasteiger partial charge in [0, 0.05) is 31.8 Å². The van der Waals surface area contributed by atoms with Gasteiger partial charge < -0.3 is 39.7 Å². The molecule has 1 aliphatic heterocycles. The number of hydrogen-bond donors (Lipinski definition) is 5. The van der Waals surface area contributed by atoms with E-state index in [4.69, 9.17) is 34.6 Å². The first-order valence-electron chi connectivity index (χ1n) is 12.2. The minimum atomic E-state index is -2.74. The number of phenols is 1. The Morgan fingerprint density at radius 1 is 0.974 bits per heavy atom. The molecule has 3 rings (SSSR count). The number of aliphatic carboxylic acids is 3. The van der Waals surface area contributed by atoms with E-state index in [0.29, 0.717) is 5.75 Å². The van der Waals surface area contributed by atoms with E-state index in [1.165, 1.54) is 0 Å². The molecular weight excluding hydrogens is 514 g/mol. The third-order valence-electron chi connectivity index (χ3n) is 6.01. The van der Waals surface area contributed by atoms with Gasteiger partial charge in [-0.25, -0.2) is 4.79 Å². The van der Waals surface area contributed by atoms with Crippen molar-refractivity contribution in [1.29, 1.82) is 0 Å². The fourth-order valence-corrected chi connectivity index (χ4v) is 4.13. The summed E-state index contributed by atoms with van der Waals surface area (Å²) in [5.74, 6) is -3.47. The molecule has 2 aromatic carbocycles. The van der Waals surface area contributed by atoms with E-state index < -0.39 is 36.4 Å². The molecule has 0 spiro atoms. The lowest BCUT2D eigenvalue weighted by atomic mass is 9.96. The maximum Gasteiger partial charge on any atom is 0.336 e. The first kappa shape index (κ1) is 31.3. The summed E-state index contributed by atoms with van der Waals surface area (Å²) < 4.78 is 16.6. The van der Waals surface area contributed by atoms with E-state index in [2.05, 4.69) is 11.0 Å². The van der Waals surface area contributed by atoms with Crippen LogP contribution in [-0.4, -0.2) is 87.4 Å². The first-order chi connectivity index (χ1) is 18.5. The van der Waals surface area contributed by atoms with E-state index >= 15 is 0 Å². The smallest absolute Gasteiger partial charge is 0.336 e. The van der Waals surface area contributed by atoms with Crippen molar-refractivity contribution in [2.75, 3.05) is 27.4 Å². The van der Waals surface area contributed by atoms with Crippen LogP contribution in [0.2, 0.25) is 0 Å². The number of benzene rings is 2. The Morgan fingerprint density at radius 2 is 1.62 bits per heavy atom. The highest BCUT2D eigenvalue weighted by Crippen LogP contribution is 2.28. The zero-order valence-corrected chi connectivity index (χ0v) is 21.9. The van der Waals surface area contributed by atoms with Gasteiger partial charge in [0.2, 0.25) is 0 Å². The molecule has 1 fully saturated rings. The van der Waals surface area contributed by atoms with Crippen molar-refractivity contribution >= 4 is 17.9 Å². The third kappa shape index (κ3) is 10.1. The van der Waals surface area contributed by atoms with Gasteiger partial charge in [-0.05, 0) is 36.6 Å². The lowest BCUT2D eigenvalue weighted by molar-refractivity contribution is -0.170. The van der Waals surface area contributed by atoms with Gasteiger partial charge in [0.25, 0.3) is 0 Å². The molecule has 12 nitrogen and oxygen atoms in total. The predicted molar refractivity (Wildman–Crippen MR) is 138 cm³/mol. The minimum absolute atomic E-state index is 0.159. The molecule has 0 bridgehead atoms. The summed E-state index contributed by atoms with van der Waals surface area (Å²) in [6, 6.07) is 13.6. The molecule has 0 aromatic heterocycles. The van der Waals surface area contributed by atoms with Gasteiger partial charge in [0.15, 0.2) is 17.1 Å². The number of carboxylic acid groups (broad SMARTS) is 3. The zero-order valence-electron chi connectivity index (χ0n) is 21.9. The molecule has 1 unspecified atom stereocenters. The SMILES string of the molecule is COc1cc(CN(Cc2ccccc2OC)CC2CCCO2)ccc1O.O=C(O)CC(O)(CC(=O)O)C(=O)O. The molecule has 1 aliphatic rings. The van der Waals surface area contributed by atoms with Crippen LogP contribution in [-0.2, 0) is 32.2 Å². The van der Waals surface area contributed by atoms with E-state index in [9.17, 15) is 19.5 Å². The highest BCUT2D eigenvalue weighted by Gasteiger charge is 2.40. The Labute approximate surface area is 226 Å². The Hall–Kier alpha value is -3.87. The van der Waals surface area contributed by atoms with Gasteiger partial charge in [0.1, 0.15) is 5.75 Å². The van der Waals surface area contributed by atoms with Crippen LogP contribution in [0.3, 0.4) is 0 Å². The average Bonchev–Trinajstić information content (AvgIpc) is 3.38. The van der Waals surface area contributed by atoms with E-state index in [1.807, 2.05) is 30.3 Å². The Morgan fingerprint density at radius 3 is 2.15 bits per heavy atom. The van der Waals surface area contributed by atoms with Gasteiger partial charge in [0.05, 0.1) is 33.2 Å². The molecule has 0 amide bonds. The summed E-state index contributed by atoms with van der Waals surface area (Å²) in [7, 11) is 3.27. The standard InChI is InChI=1S/C21H27NO4.C6H8O7/c1-24-20-8-4-3-6-17(20)14-22(15-18-7-5-11-26-18)13-16-9-10-19(23)21(12-16)25-2;7-3(8)1-6(13,5(11)12)2-4(9)10/h3-4,6,8-10,12,18,23H,5,7,11,13-15H2,1-2H3;13H,1-2H2,(H,7,8)(H,9,10)(H,11,12). The van der Waals surface area contributed by atoms with Crippen LogP contribution in [0.1, 0.15) is 36.8 Å². The molecular formula is C27H35NO11. The number of aromatic hydroxyl groups is 1. The number of rotatable bonds is 13. The van der Waals surface area contributed by atoms with Crippen molar-refractivity contribution in [1.82, 2.24) is 4.90 Å². The average molecular weight is 550 g/mol. The molecule has 12 heteroatoms. The molecule has 214 valence electrons. The molecule has 1 heterocycles. The molecule has 1 saturated heterocycles. The summed E-state index contributed by atoms with van der Waals surface area (Å²) in [6.45, 7) is 3.23. The normalized spacial score (nSPS) is 14.8. The lowest BCUT2D eigenvalue weighted by Crippen LogP contribution is -2.42. The third-order valence-corrected chi connectivity index (χ3v) is 6.01. The number of ether oxygens (including phenoxy) is 3. The van der Waals surface area contributed by atoms with E-state index in [0.717, 1.165) is 56.0 Å². The van der Waals surface area contributed by atoms with Crippen molar-refractivity contribution in [3.8, 4) is 17.2 Å². The minimum Gasteiger partial charge on any atom is -0.504 e. The van der Waals surface area contributed by atoms with Crippen molar-refractivity contribution in [2.24, 2.45) is 0 Å². The van der Waals surface area contributed by atoms with Gasteiger partial charge >= 0.3 is 17.9 Å². The number of nitrogens with zero attached hydrogens (tertiary/aromatic N) is 1. The van der Waals surface area contributed by atoms with Crippen LogP contribution in [0.5, 0.6) is 17.2 Å². The Kier molecular flexibility index (Phi) is 12.0. The van der Waals surface area contributed by atoms with Crippen LogP contribution in [0, 0.1) is 0 Å². The predicted octanol–water partition coefficient (Wildman–Crippen LogP) is 2.34. The second-order valence-corrected chi connectivity index (χ2v) is 9.10. The van der Waals surface area contributed by atoms with Crippen molar-refractivity contribution < 1.29 is 54.1 Å². The Bertz CT molecular complexity index is 1100. The molecule has 5 N–H and O–H groups in total. The van der Waals surface area contributed by atoms with Crippen molar-refractivity contribution in [2.45, 2.75) is 50.5 Å². The maximum absolute atomic E-state index is 10.3. The summed E-state index contributed by atoms with van der Waals surface area (Å²) in [6.07, 6.45) is 0.203. The van der Waals surface area contributed by atoms with Crippen LogP contribution < -0.4 is 9.47 Å². The van der Waals surface area contributed by atoms with Crippen LogP contribution >= 0.6 is 0 Å². The second-order valence-electron chi connectivity index (χ2n) is 9.10. The maximum atomic E-state index is 10.3. The number of hydrogen-bond acceptors (Lipinski definition) is 9. The molecule has 2 aromatic rings. The Balaban J connectivity index is 0.000000349. The van der Waals surface area contributed by atoms with Gasteiger partial charge in [-0.3, -0.25) is 14.5 Å². The van der Waals surface area contributed by atoms with Crippen LogP contribution in [0.15, 0.2) is 42.5 Å². The topological polar surface area (TPSA) is 183 Å². The number of carboxylic acids is 3. The quantitative estimate of drug-likeness (QED) is 0.246. The number of aliphatic hydroxyl groups is 1. The molecule has 39 heavy (non-hydrogen) atoms. The number of methoxy groups -OCH3 is 2. The van der Waals surface area contributed by atoms with Crippen LogP contribution in [0.4, 0.5) is 0 Å². The zero-order chi connectivity index (χ0) is 29.0. The fraction of sp³-hybridized carbons (Fsp3) is 0.444. The fourth-order valence-electron chi connectivity index (χ4n) is 4.13. The van der Waals surface area contributed by atoms with Crippen LogP contribution in [0.25, 0.3) is 0 Å². The van der Waals surface area contributed by atoms with E-state index in [1.54, 1.807) is 20.3 Å². The number of phenolic OH excluding ortho intramolecular Hbond substituents is 1. The van der Waals surface area contributed by atoms with Crippen molar-refractivity contribution in [3.63, 3.8) is 0 Å². The highest BCUT2D eigenvalue weighted by atomic mass is 16.5. The largest absolute Gasteiger partial charge is 0.504 e. The number of para-hydroxylation sites is 1. The monoisotopic (exact) mass is 549 g/mol. The lowest BCUT2D eigenvalue weighted by Gasteiger charge is -2.26. The van der Waals surface area contributed by atoms with E-state index in [-0.39, 0.29) is 11.9 Å². The number of carbonyl (C=O) groups is 3. The molecule has 0 saturated carbocycles. The summed E-state index contributed by atoms with van der Waals surface area (Å²) in [5.41, 5.74) is -0.496. The molecule has 0 aliphatic carbocycles. The molecule has 0 radical (unpaired) electrons. The summed E-state index contributed by atoms with van der Waals surface area (Å²) >= 11 is 0.